The van der Waals surface area contributed by atoms with Crippen LogP contribution < -0.4 is 15.2 Å². The van der Waals surface area contributed by atoms with Gasteiger partial charge in [-0.25, -0.2) is 4.79 Å². The second-order valence-electron chi connectivity index (χ2n) is 4.75. The van der Waals surface area contributed by atoms with Crippen molar-refractivity contribution in [1.82, 2.24) is 0 Å². The van der Waals surface area contributed by atoms with Crippen LogP contribution in [0.1, 0.15) is 0 Å². The number of rotatable bonds is 3. The maximum atomic E-state index is 11.1. The Morgan fingerprint density at radius 2 is 2.14 bits per heavy atom. The summed E-state index contributed by atoms with van der Waals surface area (Å²) in [5, 5.41) is 20.3. The number of carboxylic acid groups (broad SMARTS) is 1. The van der Waals surface area contributed by atoms with Crippen LogP contribution in [0.25, 0.3) is 11.3 Å². The van der Waals surface area contributed by atoms with E-state index in [4.69, 9.17) is 14.6 Å². The lowest BCUT2D eigenvalue weighted by molar-refractivity contribution is -0.144. The Morgan fingerprint density at radius 1 is 1.33 bits per heavy atom. The average Bonchev–Trinajstić information content (AvgIpc) is 2.52. The van der Waals surface area contributed by atoms with Crippen LogP contribution in [-0.4, -0.2) is 35.5 Å². The predicted octanol–water partition coefficient (Wildman–Crippen LogP) is -0.0756. The van der Waals surface area contributed by atoms with E-state index < -0.39 is 12.1 Å². The number of aliphatic carboxylic acids is 1. The van der Waals surface area contributed by atoms with E-state index in [0.29, 0.717) is 11.0 Å². The molecule has 0 bridgehead atoms. The van der Waals surface area contributed by atoms with E-state index in [0.717, 1.165) is 10.8 Å². The van der Waals surface area contributed by atoms with Crippen molar-refractivity contribution in [3.05, 3.63) is 52.9 Å². The van der Waals surface area contributed by atoms with Gasteiger partial charge in [-0.15, -0.1) is 0 Å². The first kappa shape index (κ1) is 13.5. The predicted molar refractivity (Wildman–Crippen MR) is 75.9 cm³/mol. The summed E-state index contributed by atoms with van der Waals surface area (Å²) in [7, 11) is 1.53. The standard InChI is InChI=1S/C16H14O5/c1-20-9-6-7-10-11-4-2-3-5-13(11)21-15(12(10)8-9)14(17)16(18)19/h2-8,13-14,17H,1H3,(H,18,19). The zero-order valence-electron chi connectivity index (χ0n) is 11.3. The maximum Gasteiger partial charge on any atom is 0.340 e. The zero-order valence-corrected chi connectivity index (χ0v) is 11.3. The van der Waals surface area contributed by atoms with Gasteiger partial charge in [-0.2, -0.15) is 0 Å². The number of ether oxygens (including phenoxy) is 2. The molecule has 1 aliphatic carbocycles. The first-order chi connectivity index (χ1) is 10.1. The second-order valence-corrected chi connectivity index (χ2v) is 4.75. The van der Waals surface area contributed by atoms with Gasteiger partial charge in [-0.3, -0.25) is 0 Å². The van der Waals surface area contributed by atoms with E-state index in [1.54, 1.807) is 12.1 Å². The summed E-state index contributed by atoms with van der Waals surface area (Å²) >= 11 is 0. The van der Waals surface area contributed by atoms with Gasteiger partial charge in [-0.1, -0.05) is 24.3 Å². The van der Waals surface area contributed by atoms with Gasteiger partial charge in [0, 0.05) is 10.8 Å². The van der Waals surface area contributed by atoms with Crippen LogP contribution in [0.4, 0.5) is 0 Å². The number of hydrogen-bond acceptors (Lipinski definition) is 4. The largest absolute Gasteiger partial charge is 0.497 e. The molecule has 0 radical (unpaired) electrons. The molecular formula is C16H14O5. The molecule has 0 saturated carbocycles. The Kier molecular flexibility index (Phi) is 3.27. The van der Waals surface area contributed by atoms with Gasteiger partial charge >= 0.3 is 5.97 Å². The summed E-state index contributed by atoms with van der Waals surface area (Å²) in [5.74, 6) is -0.746. The van der Waals surface area contributed by atoms with Crippen molar-refractivity contribution >= 4 is 17.3 Å². The molecule has 0 aromatic heterocycles. The maximum absolute atomic E-state index is 11.1. The first-order valence-electron chi connectivity index (χ1n) is 6.46. The number of fused-ring (bicyclic) bond motifs is 2. The van der Waals surface area contributed by atoms with E-state index in [9.17, 15) is 9.90 Å². The van der Waals surface area contributed by atoms with Gasteiger partial charge in [-0.05, 0) is 23.4 Å². The van der Waals surface area contributed by atoms with Gasteiger partial charge in [0.05, 0.1) is 7.11 Å². The molecular weight excluding hydrogens is 272 g/mol. The molecule has 1 aliphatic heterocycles. The number of aliphatic hydroxyl groups is 1. The third-order valence-electron chi connectivity index (χ3n) is 3.52. The molecule has 1 aromatic carbocycles. The van der Waals surface area contributed by atoms with Gasteiger partial charge < -0.3 is 19.7 Å². The molecule has 1 heterocycles. The molecule has 0 saturated heterocycles. The summed E-state index contributed by atoms with van der Waals surface area (Å²) < 4.78 is 10.9. The quantitative estimate of drug-likeness (QED) is 0.813. The molecule has 5 nitrogen and oxygen atoms in total. The van der Waals surface area contributed by atoms with Crippen LogP contribution in [0.2, 0.25) is 0 Å². The van der Waals surface area contributed by atoms with Crippen LogP contribution in [0.5, 0.6) is 5.75 Å². The van der Waals surface area contributed by atoms with E-state index in [1.807, 2.05) is 30.4 Å². The molecule has 5 heteroatoms. The summed E-state index contributed by atoms with van der Waals surface area (Å²) in [5.41, 5.74) is 0.927. The number of carboxylic acids is 1. The highest BCUT2D eigenvalue weighted by atomic mass is 16.5. The molecule has 0 spiro atoms. The third kappa shape index (κ3) is 2.21. The minimum Gasteiger partial charge on any atom is -0.497 e. The van der Waals surface area contributed by atoms with Crippen LogP contribution in [0, 0.1) is 0 Å². The number of methoxy groups -OCH3 is 1. The van der Waals surface area contributed by atoms with Crippen molar-refractivity contribution in [3.8, 4) is 5.75 Å². The Morgan fingerprint density at radius 3 is 2.86 bits per heavy atom. The molecule has 0 fully saturated rings. The topological polar surface area (TPSA) is 76.0 Å². The van der Waals surface area contributed by atoms with Crippen LogP contribution in [-0.2, 0) is 9.53 Å². The van der Waals surface area contributed by atoms with Crippen molar-refractivity contribution in [2.45, 2.75) is 12.2 Å². The minimum atomic E-state index is -1.71. The van der Waals surface area contributed by atoms with Crippen molar-refractivity contribution in [1.29, 1.82) is 0 Å². The van der Waals surface area contributed by atoms with Gasteiger partial charge in [0.1, 0.15) is 17.6 Å². The lowest BCUT2D eigenvalue weighted by Crippen LogP contribution is -2.43. The first-order valence-corrected chi connectivity index (χ1v) is 6.46. The van der Waals surface area contributed by atoms with E-state index in [-0.39, 0.29) is 11.9 Å². The number of benzene rings is 1. The Hall–Kier alpha value is -2.53. The summed E-state index contributed by atoms with van der Waals surface area (Å²) in [6.07, 6.45) is 5.35. The summed E-state index contributed by atoms with van der Waals surface area (Å²) in [6, 6.07) is 5.31. The van der Waals surface area contributed by atoms with Crippen LogP contribution in [0.3, 0.4) is 0 Å². The van der Waals surface area contributed by atoms with E-state index in [1.165, 1.54) is 7.11 Å². The fourth-order valence-electron chi connectivity index (χ4n) is 2.50. The van der Waals surface area contributed by atoms with Crippen molar-refractivity contribution in [2.24, 2.45) is 0 Å². The smallest absolute Gasteiger partial charge is 0.340 e. The molecule has 2 N–H and O–H groups in total. The molecule has 0 amide bonds. The Balaban J connectivity index is 2.35. The zero-order chi connectivity index (χ0) is 15.0. The summed E-state index contributed by atoms with van der Waals surface area (Å²) in [4.78, 5) is 11.1. The highest BCUT2D eigenvalue weighted by Gasteiger charge is 2.29. The second kappa shape index (κ2) is 5.10. The van der Waals surface area contributed by atoms with Crippen molar-refractivity contribution in [3.63, 3.8) is 0 Å². The average molecular weight is 286 g/mol. The van der Waals surface area contributed by atoms with Crippen LogP contribution >= 0.6 is 0 Å². The van der Waals surface area contributed by atoms with E-state index in [2.05, 4.69) is 0 Å². The number of carbonyl (C=O) groups is 1. The SMILES string of the molecule is COc1ccc2c(c1)=C(C(O)C(=O)O)OC1C=CC=CC=21. The van der Waals surface area contributed by atoms with Gasteiger partial charge in [0.15, 0.2) is 0 Å². The van der Waals surface area contributed by atoms with Crippen molar-refractivity contribution < 1.29 is 24.5 Å². The molecule has 21 heavy (non-hydrogen) atoms. The Labute approximate surface area is 120 Å². The minimum absolute atomic E-state index is 0.0325. The lowest BCUT2D eigenvalue weighted by Gasteiger charge is -2.26. The normalized spacial score (nSPS) is 20.4. The van der Waals surface area contributed by atoms with Gasteiger partial charge in [0.25, 0.3) is 0 Å². The molecule has 2 aliphatic rings. The summed E-state index contributed by atoms with van der Waals surface area (Å²) in [6.45, 7) is 0. The van der Waals surface area contributed by atoms with Crippen LogP contribution in [0.15, 0.2) is 42.5 Å². The van der Waals surface area contributed by atoms with Crippen molar-refractivity contribution in [2.75, 3.05) is 7.11 Å². The number of aliphatic hydroxyl groups excluding tert-OH is 1. The third-order valence-corrected chi connectivity index (χ3v) is 3.52. The fraction of sp³-hybridized carbons (Fsp3) is 0.188. The number of allylic oxidation sites excluding steroid dienone is 2. The molecule has 2 unspecified atom stereocenters. The monoisotopic (exact) mass is 286 g/mol. The molecule has 1 aromatic rings. The molecule has 2 atom stereocenters. The number of hydrogen-bond donors (Lipinski definition) is 2. The molecule has 3 rings (SSSR count). The van der Waals surface area contributed by atoms with E-state index >= 15 is 0 Å². The van der Waals surface area contributed by atoms with Gasteiger partial charge in [0.2, 0.25) is 6.10 Å². The fourth-order valence-corrected chi connectivity index (χ4v) is 2.50. The molecule has 108 valence electrons. The Bertz CT molecular complexity index is 772. The highest BCUT2D eigenvalue weighted by Crippen LogP contribution is 2.22. The lowest BCUT2D eigenvalue weighted by atomic mass is 9.97. The highest BCUT2D eigenvalue weighted by molar-refractivity contribution is 5.84.